The first-order chi connectivity index (χ1) is 16.8. The van der Waals surface area contributed by atoms with Gasteiger partial charge in [-0.2, -0.15) is 18.3 Å². The van der Waals surface area contributed by atoms with Gasteiger partial charge >= 0.3 is 6.18 Å². The highest BCUT2D eigenvalue weighted by Crippen LogP contribution is 2.29. The van der Waals surface area contributed by atoms with Gasteiger partial charge in [-0.3, -0.25) is 9.59 Å². The molecule has 0 unspecified atom stereocenters. The molecule has 2 aromatic heterocycles. The highest BCUT2D eigenvalue weighted by Gasteiger charge is 2.31. The van der Waals surface area contributed by atoms with Gasteiger partial charge in [-0.25, -0.2) is 9.67 Å². The molecule has 0 saturated carbocycles. The molecule has 3 heterocycles. The number of pyridine rings is 1. The Labute approximate surface area is 199 Å². The van der Waals surface area contributed by atoms with Gasteiger partial charge in [-0.15, -0.1) is 0 Å². The molecule has 1 aliphatic heterocycles. The number of hydrogen-bond donors (Lipinski definition) is 0. The zero-order valence-electron chi connectivity index (χ0n) is 18.8. The summed E-state index contributed by atoms with van der Waals surface area (Å²) in [6, 6.07) is 14.2. The van der Waals surface area contributed by atoms with Gasteiger partial charge in [0.05, 0.1) is 12.1 Å². The van der Waals surface area contributed by atoms with Gasteiger partial charge in [0.25, 0.3) is 11.5 Å². The molecular weight excluding hydrogens is 463 g/mol. The molecule has 0 spiro atoms. The van der Waals surface area contributed by atoms with Crippen LogP contribution in [0.4, 0.5) is 19.0 Å². The Morgan fingerprint density at radius 2 is 1.77 bits per heavy atom. The summed E-state index contributed by atoms with van der Waals surface area (Å²) >= 11 is 0. The van der Waals surface area contributed by atoms with Gasteiger partial charge in [0, 0.05) is 38.4 Å². The van der Waals surface area contributed by atoms with E-state index in [0.29, 0.717) is 44.2 Å². The average Bonchev–Trinajstić information content (AvgIpc) is 3.11. The fraction of sp³-hybridized carbons (Fsp3) is 0.333. The number of halogens is 3. The topological polar surface area (TPSA) is 80.6 Å². The van der Waals surface area contributed by atoms with Gasteiger partial charge in [-0.05, 0) is 36.8 Å². The van der Waals surface area contributed by atoms with E-state index < -0.39 is 11.7 Å². The number of para-hydroxylation sites is 1. The van der Waals surface area contributed by atoms with Crippen LogP contribution < -0.4 is 15.2 Å². The molecule has 1 aromatic carbocycles. The van der Waals surface area contributed by atoms with Crippen LogP contribution in [0, 0.1) is 0 Å². The number of hydrogen-bond acceptors (Lipinski definition) is 6. The number of alkyl halides is 3. The number of anilines is 1. The number of aromatic nitrogens is 3. The van der Waals surface area contributed by atoms with Crippen LogP contribution in [-0.2, 0) is 12.7 Å². The molecule has 1 amide bonds. The van der Waals surface area contributed by atoms with Crippen molar-refractivity contribution in [1.82, 2.24) is 19.7 Å². The summed E-state index contributed by atoms with van der Waals surface area (Å²) in [6.07, 6.45) is -3.01. The van der Waals surface area contributed by atoms with Crippen LogP contribution in [0.2, 0.25) is 0 Å². The molecule has 4 rings (SSSR count). The van der Waals surface area contributed by atoms with E-state index in [2.05, 4.69) is 10.1 Å². The third-order valence-corrected chi connectivity index (χ3v) is 5.58. The summed E-state index contributed by atoms with van der Waals surface area (Å²) in [7, 11) is 0. The number of amides is 1. The Kier molecular flexibility index (Phi) is 7.33. The predicted molar refractivity (Wildman–Crippen MR) is 122 cm³/mol. The number of carbonyl (C=O) groups is 1. The summed E-state index contributed by atoms with van der Waals surface area (Å²) in [5.41, 5.74) is -0.998. The maximum Gasteiger partial charge on any atom is 0.417 e. The lowest BCUT2D eigenvalue weighted by molar-refractivity contribution is -0.137. The number of ether oxygens (including phenoxy) is 1. The number of carbonyl (C=O) groups excluding carboxylic acids is 1. The second kappa shape index (κ2) is 10.6. The molecule has 0 radical (unpaired) electrons. The van der Waals surface area contributed by atoms with Crippen molar-refractivity contribution in [2.24, 2.45) is 0 Å². The third kappa shape index (κ3) is 6.17. The Bertz CT molecular complexity index is 1200. The van der Waals surface area contributed by atoms with E-state index in [-0.39, 0.29) is 30.3 Å². The zero-order chi connectivity index (χ0) is 24.8. The minimum Gasteiger partial charge on any atom is -0.492 e. The van der Waals surface area contributed by atoms with E-state index in [0.717, 1.165) is 12.3 Å². The van der Waals surface area contributed by atoms with Crippen LogP contribution in [0.15, 0.2) is 65.6 Å². The number of nitrogens with zero attached hydrogens (tertiary/aromatic N) is 5. The molecule has 11 heteroatoms. The summed E-state index contributed by atoms with van der Waals surface area (Å²) in [5.74, 6) is 0.784. The average molecular weight is 487 g/mol. The summed E-state index contributed by atoms with van der Waals surface area (Å²) in [4.78, 5) is 32.7. The predicted octanol–water partition coefficient (Wildman–Crippen LogP) is 3.09. The molecule has 3 aromatic rings. The first-order valence-electron chi connectivity index (χ1n) is 11.1. The molecule has 1 fully saturated rings. The van der Waals surface area contributed by atoms with E-state index in [4.69, 9.17) is 4.74 Å². The first kappa shape index (κ1) is 24.2. The van der Waals surface area contributed by atoms with Gasteiger partial charge in [0.1, 0.15) is 23.9 Å². The van der Waals surface area contributed by atoms with Gasteiger partial charge in [0.15, 0.2) is 0 Å². The fourth-order valence-electron chi connectivity index (χ4n) is 3.74. The van der Waals surface area contributed by atoms with Gasteiger partial charge in [0.2, 0.25) is 0 Å². The molecule has 35 heavy (non-hydrogen) atoms. The minimum absolute atomic E-state index is 0.144. The van der Waals surface area contributed by atoms with Crippen LogP contribution in [0.25, 0.3) is 0 Å². The fourth-order valence-corrected chi connectivity index (χ4v) is 3.74. The lowest BCUT2D eigenvalue weighted by Crippen LogP contribution is -2.37. The van der Waals surface area contributed by atoms with Gasteiger partial charge < -0.3 is 14.5 Å². The van der Waals surface area contributed by atoms with Crippen molar-refractivity contribution in [3.05, 3.63) is 82.4 Å². The van der Waals surface area contributed by atoms with Crippen LogP contribution in [-0.4, -0.2) is 58.4 Å². The van der Waals surface area contributed by atoms with Crippen molar-refractivity contribution in [1.29, 1.82) is 0 Å². The highest BCUT2D eigenvalue weighted by molar-refractivity contribution is 5.92. The number of rotatable bonds is 6. The van der Waals surface area contributed by atoms with Crippen LogP contribution in [0.3, 0.4) is 0 Å². The van der Waals surface area contributed by atoms with Crippen molar-refractivity contribution in [3.63, 3.8) is 0 Å². The quantitative estimate of drug-likeness (QED) is 0.532. The van der Waals surface area contributed by atoms with E-state index in [9.17, 15) is 22.8 Å². The van der Waals surface area contributed by atoms with E-state index in [1.54, 1.807) is 17.0 Å². The normalized spacial score (nSPS) is 14.5. The molecular formula is C24H24F3N5O3. The standard InChI is InChI=1S/C24H24F3N5O3/c25-24(26,27)18-7-9-21(28-17-18)30-11-4-12-31(14-13-30)23(34)20-8-10-22(33)32(29-20)15-16-35-19-5-2-1-3-6-19/h1-3,5-10,17H,4,11-16H2. The van der Waals surface area contributed by atoms with Crippen molar-refractivity contribution >= 4 is 11.7 Å². The van der Waals surface area contributed by atoms with E-state index >= 15 is 0 Å². The maximum atomic E-state index is 13.1. The second-order valence-electron chi connectivity index (χ2n) is 7.98. The molecule has 8 nitrogen and oxygen atoms in total. The molecule has 1 aliphatic rings. The molecule has 184 valence electrons. The zero-order valence-corrected chi connectivity index (χ0v) is 18.8. The Balaban J connectivity index is 1.37. The van der Waals surface area contributed by atoms with Crippen LogP contribution in [0.1, 0.15) is 22.5 Å². The molecule has 0 bridgehead atoms. The Morgan fingerprint density at radius 3 is 2.49 bits per heavy atom. The first-order valence-corrected chi connectivity index (χ1v) is 11.1. The summed E-state index contributed by atoms with van der Waals surface area (Å²) in [6.45, 7) is 2.16. The van der Waals surface area contributed by atoms with Gasteiger partial charge in [-0.1, -0.05) is 18.2 Å². The number of benzene rings is 1. The maximum absolute atomic E-state index is 13.1. The Hall–Kier alpha value is -3.89. The van der Waals surface area contributed by atoms with Crippen molar-refractivity contribution in [2.75, 3.05) is 37.7 Å². The largest absolute Gasteiger partial charge is 0.492 e. The lowest BCUT2D eigenvalue weighted by atomic mass is 10.2. The lowest BCUT2D eigenvalue weighted by Gasteiger charge is -2.23. The van der Waals surface area contributed by atoms with Crippen LogP contribution >= 0.6 is 0 Å². The van der Waals surface area contributed by atoms with E-state index in [1.807, 2.05) is 23.1 Å². The SMILES string of the molecule is O=C(c1ccc(=O)n(CCOc2ccccc2)n1)N1CCCN(c2ccc(C(F)(F)F)cn2)CC1. The third-order valence-electron chi connectivity index (χ3n) is 5.58. The van der Waals surface area contributed by atoms with Crippen molar-refractivity contribution in [2.45, 2.75) is 19.1 Å². The molecule has 0 N–H and O–H groups in total. The minimum atomic E-state index is -4.44. The monoisotopic (exact) mass is 487 g/mol. The molecule has 0 aliphatic carbocycles. The summed E-state index contributed by atoms with van der Waals surface area (Å²) < 4.78 is 45.2. The van der Waals surface area contributed by atoms with E-state index in [1.165, 1.54) is 22.9 Å². The smallest absolute Gasteiger partial charge is 0.417 e. The molecule has 0 atom stereocenters. The van der Waals surface area contributed by atoms with Crippen molar-refractivity contribution < 1.29 is 22.7 Å². The second-order valence-corrected chi connectivity index (χ2v) is 7.98. The molecule has 1 saturated heterocycles. The summed E-state index contributed by atoms with van der Waals surface area (Å²) in [5, 5.41) is 4.22. The Morgan fingerprint density at radius 1 is 0.971 bits per heavy atom. The highest BCUT2D eigenvalue weighted by atomic mass is 19.4. The van der Waals surface area contributed by atoms with Crippen molar-refractivity contribution in [3.8, 4) is 5.75 Å². The van der Waals surface area contributed by atoms with Crippen LogP contribution in [0.5, 0.6) is 5.75 Å².